The third kappa shape index (κ3) is 4.73. The third-order valence-corrected chi connectivity index (χ3v) is 21.3. The van der Waals surface area contributed by atoms with Crippen molar-refractivity contribution in [1.29, 1.82) is 0 Å². The first kappa shape index (κ1) is 32.3. The molecule has 9 aromatic carbocycles. The number of imidazole rings is 1. The molecular weight excluding hydrogens is 798 g/mol. The van der Waals surface area contributed by atoms with Crippen molar-refractivity contribution in [3.05, 3.63) is 182 Å². The van der Waals surface area contributed by atoms with Crippen molar-refractivity contribution in [2.24, 2.45) is 0 Å². The van der Waals surface area contributed by atoms with Crippen LogP contribution in [0.2, 0.25) is 0 Å². The fourth-order valence-electron chi connectivity index (χ4n) is 10.1. The van der Waals surface area contributed by atoms with Gasteiger partial charge in [0, 0.05) is 0 Å². The molecule has 0 bridgehead atoms. The molecule has 0 saturated heterocycles. The summed E-state index contributed by atoms with van der Waals surface area (Å²) in [5.41, 5.74) is 17.0. The summed E-state index contributed by atoms with van der Waals surface area (Å²) in [5, 5.41) is 5.18. The van der Waals surface area contributed by atoms with E-state index < -0.39 is 30.9 Å². The molecule has 0 saturated carbocycles. The number of rotatable bonds is 4. The summed E-state index contributed by atoms with van der Waals surface area (Å²) in [6.07, 6.45) is 0. The third-order valence-electron chi connectivity index (χ3n) is 12.4. The quantitative estimate of drug-likeness (QED) is 0.128. The molecule has 56 heavy (non-hydrogen) atoms. The molecule has 12 rings (SSSR count). The zero-order chi connectivity index (χ0) is 36.9. The van der Waals surface area contributed by atoms with Crippen molar-refractivity contribution >= 4 is 81.0 Å². The molecule has 0 spiro atoms. The van der Waals surface area contributed by atoms with Gasteiger partial charge >= 0.3 is 335 Å². The summed E-state index contributed by atoms with van der Waals surface area (Å²) in [5.74, 6) is 0.988. The van der Waals surface area contributed by atoms with Crippen LogP contribution in [0.4, 0.5) is 0 Å². The first-order valence-corrected chi connectivity index (χ1v) is 25.6. The summed E-state index contributed by atoms with van der Waals surface area (Å²) < 4.78 is 8.76. The molecular formula is C52H36Ge2N2. The van der Waals surface area contributed by atoms with Gasteiger partial charge in [-0.15, -0.1) is 0 Å². The van der Waals surface area contributed by atoms with E-state index in [2.05, 4.69) is 187 Å². The Labute approximate surface area is 338 Å². The predicted molar refractivity (Wildman–Crippen MR) is 244 cm³/mol. The van der Waals surface area contributed by atoms with Gasteiger partial charge in [-0.2, -0.15) is 0 Å². The van der Waals surface area contributed by atoms with Gasteiger partial charge in [0.15, 0.2) is 0 Å². The number of hydrogen-bond acceptors (Lipinski definition) is 1. The van der Waals surface area contributed by atoms with E-state index in [1.54, 1.807) is 17.6 Å². The van der Waals surface area contributed by atoms with Crippen molar-refractivity contribution in [1.82, 2.24) is 9.55 Å². The molecule has 2 nitrogen and oxygen atoms in total. The van der Waals surface area contributed by atoms with E-state index in [-0.39, 0.29) is 0 Å². The molecule has 262 valence electrons. The van der Waals surface area contributed by atoms with Crippen LogP contribution < -0.4 is 17.6 Å². The van der Waals surface area contributed by atoms with Gasteiger partial charge in [-0.1, -0.05) is 6.07 Å². The summed E-state index contributed by atoms with van der Waals surface area (Å²) >= 11 is -2.41. The van der Waals surface area contributed by atoms with Gasteiger partial charge in [0.2, 0.25) is 0 Å². The Hall–Kier alpha value is -5.94. The Kier molecular flexibility index (Phi) is 7.23. The van der Waals surface area contributed by atoms with Crippen molar-refractivity contribution in [3.8, 4) is 61.3 Å². The summed E-state index contributed by atoms with van der Waals surface area (Å²) in [6, 6.07) is 66.3. The van der Waals surface area contributed by atoms with Crippen LogP contribution in [0.3, 0.4) is 0 Å². The van der Waals surface area contributed by atoms with Crippen molar-refractivity contribution in [2.75, 3.05) is 0 Å². The Morgan fingerprint density at radius 2 is 0.839 bits per heavy atom. The van der Waals surface area contributed by atoms with Crippen LogP contribution >= 0.6 is 0 Å². The molecule has 2 aliphatic rings. The molecule has 0 radical (unpaired) electrons. The maximum absolute atomic E-state index is 5.16. The number of benzene rings is 9. The van der Waals surface area contributed by atoms with E-state index in [1.807, 2.05) is 0 Å². The molecule has 0 atom stereocenters. The molecule has 10 aromatic rings. The van der Waals surface area contributed by atoms with Crippen LogP contribution in [-0.4, -0.2) is 40.4 Å². The second kappa shape index (κ2) is 12.5. The molecule has 0 aliphatic carbocycles. The van der Waals surface area contributed by atoms with Crippen LogP contribution in [0, 0.1) is 6.92 Å². The van der Waals surface area contributed by atoms with Gasteiger partial charge in [-0.05, 0) is 0 Å². The van der Waals surface area contributed by atoms with Crippen molar-refractivity contribution < 1.29 is 0 Å². The van der Waals surface area contributed by atoms with Gasteiger partial charge in [-0.3, -0.25) is 0 Å². The number of fused-ring (bicyclic) bond motifs is 9. The first-order chi connectivity index (χ1) is 27.7. The molecule has 2 aliphatic heterocycles. The van der Waals surface area contributed by atoms with E-state index in [9.17, 15) is 0 Å². The van der Waals surface area contributed by atoms with Crippen LogP contribution in [0.1, 0.15) is 5.82 Å². The van der Waals surface area contributed by atoms with E-state index >= 15 is 0 Å². The first-order valence-electron chi connectivity index (χ1n) is 19.6. The minimum atomic E-state index is -1.21. The second-order valence-corrected chi connectivity index (χ2v) is 23.0. The average molecular weight is 834 g/mol. The van der Waals surface area contributed by atoms with Gasteiger partial charge < -0.3 is 0 Å². The topological polar surface area (TPSA) is 17.8 Å². The fraction of sp³-hybridized carbons (Fsp3) is 0.0192. The van der Waals surface area contributed by atoms with Gasteiger partial charge in [0.1, 0.15) is 0 Å². The number of nitrogens with zero attached hydrogens (tertiary/aromatic N) is 2. The van der Waals surface area contributed by atoms with Crippen LogP contribution in [0.25, 0.3) is 93.9 Å². The maximum atomic E-state index is 5.16. The zero-order valence-corrected chi connectivity index (χ0v) is 37.0. The number of aromatic nitrogens is 2. The second-order valence-electron chi connectivity index (χ2n) is 15.4. The standard InChI is InChI=1S/C52H36Ge2N2/c1-31-55-48-29-13-26-43(52(48)56(31)32-14-3-2-4-15-32)49-37-20-9-18-33(39-22-11-24-41-35-16-5-7-27-46(35)53-50(39)41)44(37)30-45-34(19-10-21-38(45)49)40-23-12-25-42-36-17-6-8-28-47(36)54-51(40)42/h2-30H,53-54H2,1H3. The summed E-state index contributed by atoms with van der Waals surface area (Å²) in [7, 11) is 0. The van der Waals surface area contributed by atoms with Gasteiger partial charge in [0.05, 0.1) is 0 Å². The Balaban J connectivity index is 1.20. The van der Waals surface area contributed by atoms with E-state index in [0.717, 1.165) is 22.5 Å². The molecule has 0 unspecified atom stereocenters. The Morgan fingerprint density at radius 3 is 1.43 bits per heavy atom. The molecule has 0 fully saturated rings. The van der Waals surface area contributed by atoms with Gasteiger partial charge in [0.25, 0.3) is 0 Å². The molecule has 1 aromatic heterocycles. The predicted octanol–water partition coefficient (Wildman–Crippen LogP) is 8.84. The monoisotopic (exact) mass is 836 g/mol. The van der Waals surface area contributed by atoms with E-state index in [4.69, 9.17) is 4.98 Å². The summed E-state index contributed by atoms with van der Waals surface area (Å²) in [6.45, 7) is 2.13. The zero-order valence-electron chi connectivity index (χ0n) is 31.1. The van der Waals surface area contributed by atoms with Crippen LogP contribution in [0.5, 0.6) is 0 Å². The molecule has 3 heterocycles. The van der Waals surface area contributed by atoms with E-state index in [1.165, 1.54) is 77.2 Å². The normalized spacial score (nSPS) is 13.4. The SMILES string of the molecule is Cc1nc2cccc(-c3c4cccc(-c5cccc6[c]5[GeH2][c]5ccccc5-6)c4cc4c(-c5cccc6[c]5[GeH2][c]5ccccc5-6)cccc34)c2n1-c1ccccc1. The van der Waals surface area contributed by atoms with Crippen molar-refractivity contribution in [3.63, 3.8) is 0 Å². The number of aryl methyl sites for hydroxylation is 1. The van der Waals surface area contributed by atoms with Crippen LogP contribution in [-0.2, 0) is 0 Å². The van der Waals surface area contributed by atoms with Crippen molar-refractivity contribution in [2.45, 2.75) is 6.92 Å². The molecule has 4 heteroatoms. The van der Waals surface area contributed by atoms with E-state index in [0.29, 0.717) is 0 Å². The van der Waals surface area contributed by atoms with Crippen LogP contribution in [0.15, 0.2) is 176 Å². The van der Waals surface area contributed by atoms with Gasteiger partial charge in [-0.25, -0.2) is 0 Å². The average Bonchev–Trinajstić information content (AvgIpc) is 3.93. The minimum absolute atomic E-state index is 0.988. The number of para-hydroxylation sites is 2. The Bertz CT molecular complexity index is 3110. The summed E-state index contributed by atoms with van der Waals surface area (Å²) in [4.78, 5) is 5.16. The molecule has 0 N–H and O–H groups in total. The molecule has 0 amide bonds. The Morgan fingerprint density at radius 1 is 0.393 bits per heavy atom. The fourth-order valence-corrected chi connectivity index (χ4v) is 19.0. The number of hydrogen-bond donors (Lipinski definition) is 0.